The quantitative estimate of drug-likeness (QED) is 0.0416. The Bertz CT molecular complexity index is 3970. The van der Waals surface area contributed by atoms with Gasteiger partial charge in [-0.05, 0) is 97.1 Å². The van der Waals surface area contributed by atoms with Gasteiger partial charge in [0.2, 0.25) is 0 Å². The van der Waals surface area contributed by atoms with E-state index in [2.05, 4.69) is 0 Å². The number of hydrogen-bond donors (Lipinski definition) is 3. The van der Waals surface area contributed by atoms with Crippen molar-refractivity contribution in [2.45, 2.75) is 92.1 Å². The highest BCUT2D eigenvalue weighted by atomic mass is 16.8. The van der Waals surface area contributed by atoms with Gasteiger partial charge in [-0.25, -0.2) is 38.4 Å². The smallest absolute Gasteiger partial charge is 0.338 e. The van der Waals surface area contributed by atoms with Crippen LogP contribution >= 0.6 is 0 Å². The van der Waals surface area contributed by atoms with Crippen molar-refractivity contribution in [2.75, 3.05) is 19.8 Å². The van der Waals surface area contributed by atoms with Crippen molar-refractivity contribution in [1.29, 1.82) is 0 Å². The van der Waals surface area contributed by atoms with Crippen molar-refractivity contribution in [2.24, 2.45) is 0 Å². The summed E-state index contributed by atoms with van der Waals surface area (Å²) in [5.41, 5.74) is 0.0314. The van der Waals surface area contributed by atoms with Crippen LogP contribution in [0.15, 0.2) is 243 Å². The summed E-state index contributed by atoms with van der Waals surface area (Å²) in [6, 6.07) is 60.8. The van der Waals surface area contributed by atoms with Crippen LogP contribution in [0.1, 0.15) is 82.9 Å². The van der Waals surface area contributed by atoms with Crippen molar-refractivity contribution in [3.8, 4) is 0 Å². The Kier molecular flexibility index (Phi) is 22.9. The predicted molar refractivity (Wildman–Crippen MR) is 338 cm³/mol. The van der Waals surface area contributed by atoms with Crippen molar-refractivity contribution in [1.82, 2.24) is 0 Å². The Balaban J connectivity index is 0.977. The molecule has 3 N–H and O–H groups in total. The first-order valence-corrected chi connectivity index (χ1v) is 31.0. The molecule has 8 aromatic carbocycles. The molecule has 3 heterocycles. The molecular formula is C74H64O24. The minimum absolute atomic E-state index is 0.00672. The van der Waals surface area contributed by atoms with Gasteiger partial charge in [-0.3, -0.25) is 0 Å². The molecule has 24 nitrogen and oxygen atoms in total. The fourth-order valence-corrected chi connectivity index (χ4v) is 10.8. The first-order valence-electron chi connectivity index (χ1n) is 31.0. The zero-order chi connectivity index (χ0) is 68.5. The van der Waals surface area contributed by atoms with Gasteiger partial charge in [0.15, 0.2) is 61.6 Å². The van der Waals surface area contributed by atoms with Crippen molar-refractivity contribution in [3.63, 3.8) is 0 Å². The highest BCUT2D eigenvalue weighted by Gasteiger charge is 2.57. The number of hydrogen-bond acceptors (Lipinski definition) is 24. The van der Waals surface area contributed by atoms with Crippen LogP contribution in [0.4, 0.5) is 0 Å². The van der Waals surface area contributed by atoms with E-state index >= 15 is 0 Å². The van der Waals surface area contributed by atoms with Crippen molar-refractivity contribution in [3.05, 3.63) is 287 Å². The number of aliphatic hydroxyl groups excluding tert-OH is 3. The Morgan fingerprint density at radius 1 is 0.255 bits per heavy atom. The molecule has 0 radical (unpaired) electrons. The lowest BCUT2D eigenvalue weighted by Gasteiger charge is -2.46. The molecule has 3 saturated heterocycles. The van der Waals surface area contributed by atoms with E-state index in [1.54, 1.807) is 121 Å². The van der Waals surface area contributed by atoms with E-state index in [1.165, 1.54) is 121 Å². The average Bonchev–Trinajstić information content (AvgIpc) is 0.783. The highest BCUT2D eigenvalue weighted by molar-refractivity contribution is 5.93. The highest BCUT2D eigenvalue weighted by Crippen LogP contribution is 2.36. The fourth-order valence-electron chi connectivity index (χ4n) is 10.8. The largest absolute Gasteiger partial charge is 0.459 e. The maximum atomic E-state index is 14.5. The van der Waals surface area contributed by atoms with Gasteiger partial charge in [0.1, 0.15) is 37.1 Å². The summed E-state index contributed by atoms with van der Waals surface area (Å²) in [6.07, 6.45) is -29.0. The Labute approximate surface area is 559 Å². The van der Waals surface area contributed by atoms with Gasteiger partial charge in [-0.2, -0.15) is 0 Å². The lowest BCUT2D eigenvalue weighted by atomic mass is 9.96. The molecule has 0 spiro atoms. The van der Waals surface area contributed by atoms with Gasteiger partial charge < -0.3 is 76.9 Å². The molecule has 3 fully saturated rings. The second-order valence-electron chi connectivity index (χ2n) is 22.4. The monoisotopic (exact) mass is 1340 g/mol. The number of carbonyl (C=O) groups is 8. The van der Waals surface area contributed by atoms with E-state index in [1.807, 2.05) is 0 Å². The summed E-state index contributed by atoms with van der Waals surface area (Å²) in [7, 11) is 0. The molecular weight excluding hydrogens is 1270 g/mol. The van der Waals surface area contributed by atoms with Gasteiger partial charge in [0.05, 0.1) is 57.7 Å². The summed E-state index contributed by atoms with van der Waals surface area (Å²) in [6.45, 7) is -2.56. The standard InChI is InChI=1S/C74H64O24/c75-55-52(41-87-74-63(98-71(84)51-39-23-8-24-40-51)61(96-69(82)49-35-19-6-20-36-49)58(93-66(79)46-29-13-3-14-30-46)54(91-74)42-86-64(77)44-25-9-1-10-26-44)90-73(62(97-70(83)50-37-21-7-22-38-50)59(55)94-67(80)47-31-15-4-16-32-47)88-43-53-57(92-65(78)45-27-11-2-12-28-45)60(56(76)72(85)89-53)95-68(81)48-33-17-5-18-34-48/h1-40,52-63,72-76,85H,41-43H2/t52-,53-,54-,55-,56-,57-,58-,59+,60-,61+,62-,63-,72?,73-,74-/m1/s1. The summed E-state index contributed by atoms with van der Waals surface area (Å²) < 4.78 is 80.4. The molecule has 0 aliphatic carbocycles. The van der Waals surface area contributed by atoms with Crippen LogP contribution < -0.4 is 0 Å². The summed E-state index contributed by atoms with van der Waals surface area (Å²) in [4.78, 5) is 113. The molecule has 1 unspecified atom stereocenters. The molecule has 3 aliphatic rings. The normalized spacial score (nSPS) is 25.0. The topological polar surface area (TPSA) is 317 Å². The van der Waals surface area contributed by atoms with Crippen molar-refractivity contribution < 1.29 is 115 Å². The minimum atomic E-state index is -2.16. The SMILES string of the molecule is O=C(OC[C@H]1O[C@@H](OC[C@H]2O[C@@H](OC[C@H]3OC(O)[C@H](O)[C@@H](OC(=O)c4ccccc4)[C@@H]3OC(=O)c3ccccc3)[C@H](OC(=O)c3ccccc3)[C@@H](OC(=O)c3ccccc3)[C@@H]2O)[C@H](OC(=O)c2ccccc2)[C@@H](OC(=O)c2ccccc2)[C@@H]1OC(=O)c1ccccc1)c1ccccc1. The zero-order valence-electron chi connectivity index (χ0n) is 51.8. The molecule has 0 bridgehead atoms. The van der Waals surface area contributed by atoms with E-state index in [4.69, 9.17) is 61.6 Å². The van der Waals surface area contributed by atoms with E-state index in [-0.39, 0.29) is 44.5 Å². The van der Waals surface area contributed by atoms with Gasteiger partial charge in [-0.15, -0.1) is 0 Å². The van der Waals surface area contributed by atoms with Gasteiger partial charge >= 0.3 is 47.8 Å². The zero-order valence-corrected chi connectivity index (χ0v) is 51.8. The third-order valence-electron chi connectivity index (χ3n) is 15.8. The average molecular weight is 1340 g/mol. The van der Waals surface area contributed by atoms with Crippen LogP contribution in [0.25, 0.3) is 0 Å². The predicted octanol–water partition coefficient (Wildman–Crippen LogP) is 7.34. The first-order chi connectivity index (χ1) is 47.7. The maximum Gasteiger partial charge on any atom is 0.338 e. The van der Waals surface area contributed by atoms with Gasteiger partial charge in [0, 0.05) is 0 Å². The van der Waals surface area contributed by atoms with Gasteiger partial charge in [-0.1, -0.05) is 146 Å². The molecule has 24 heteroatoms. The number of esters is 8. The van der Waals surface area contributed by atoms with Crippen LogP contribution in [0.2, 0.25) is 0 Å². The third kappa shape index (κ3) is 17.1. The van der Waals surface area contributed by atoms with Crippen LogP contribution in [0.5, 0.6) is 0 Å². The fraction of sp³-hybridized carbons (Fsp3) is 0.243. The molecule has 98 heavy (non-hydrogen) atoms. The molecule has 0 amide bonds. The van der Waals surface area contributed by atoms with Crippen LogP contribution in [-0.4, -0.2) is 175 Å². The molecule has 11 rings (SSSR count). The second kappa shape index (κ2) is 32.8. The number of carbonyl (C=O) groups excluding carboxylic acids is 8. The number of aliphatic hydroxyl groups is 3. The lowest BCUT2D eigenvalue weighted by Crippen LogP contribution is -2.65. The molecule has 0 aromatic heterocycles. The number of ether oxygens (including phenoxy) is 13. The Morgan fingerprint density at radius 2 is 0.490 bits per heavy atom. The van der Waals surface area contributed by atoms with Crippen LogP contribution in [0.3, 0.4) is 0 Å². The lowest BCUT2D eigenvalue weighted by molar-refractivity contribution is -0.338. The molecule has 15 atom stereocenters. The van der Waals surface area contributed by atoms with Crippen molar-refractivity contribution >= 4 is 47.8 Å². The van der Waals surface area contributed by atoms with E-state index in [0.717, 1.165) is 0 Å². The number of benzene rings is 8. The summed E-state index contributed by atoms with van der Waals surface area (Å²) in [5.74, 6) is -8.04. The summed E-state index contributed by atoms with van der Waals surface area (Å²) in [5, 5.41) is 35.6. The second-order valence-corrected chi connectivity index (χ2v) is 22.4. The molecule has 8 aromatic rings. The Hall–Kier alpha value is -10.8. The Morgan fingerprint density at radius 3 is 0.827 bits per heavy atom. The van der Waals surface area contributed by atoms with Crippen LogP contribution in [-0.2, 0) is 61.6 Å². The van der Waals surface area contributed by atoms with E-state index in [9.17, 15) is 53.7 Å². The van der Waals surface area contributed by atoms with Gasteiger partial charge in [0.25, 0.3) is 0 Å². The van der Waals surface area contributed by atoms with Crippen LogP contribution in [0, 0.1) is 0 Å². The van der Waals surface area contributed by atoms with E-state index in [0.29, 0.717) is 0 Å². The maximum absolute atomic E-state index is 14.5. The molecule has 0 saturated carbocycles. The molecule has 3 aliphatic heterocycles. The minimum Gasteiger partial charge on any atom is -0.459 e. The third-order valence-corrected chi connectivity index (χ3v) is 15.8. The van der Waals surface area contributed by atoms with E-state index < -0.39 is 160 Å². The summed E-state index contributed by atoms with van der Waals surface area (Å²) >= 11 is 0. The first kappa shape index (κ1) is 68.6. The molecule has 504 valence electrons. The number of rotatable bonds is 23.